The Morgan fingerprint density at radius 1 is 1.31 bits per heavy atom. The van der Waals surface area contributed by atoms with Crippen molar-refractivity contribution in [2.75, 3.05) is 24.6 Å². The van der Waals surface area contributed by atoms with Crippen molar-refractivity contribution in [3.63, 3.8) is 0 Å². The predicted molar refractivity (Wildman–Crippen MR) is 67.9 cm³/mol. The summed E-state index contributed by atoms with van der Waals surface area (Å²) in [5, 5.41) is 0. The van der Waals surface area contributed by atoms with Crippen molar-refractivity contribution in [3.05, 3.63) is 34.3 Å². The van der Waals surface area contributed by atoms with E-state index in [1.54, 1.807) is 11.0 Å². The smallest absolute Gasteiger partial charge is 0.253 e. The quantitative estimate of drug-likeness (QED) is 0.791. The zero-order valence-corrected chi connectivity index (χ0v) is 11.1. The molecule has 1 aromatic rings. The molecule has 1 aromatic carbocycles. The molecule has 0 unspecified atom stereocenters. The summed E-state index contributed by atoms with van der Waals surface area (Å²) in [6, 6.07) is 7.36. The second-order valence-corrected chi connectivity index (χ2v) is 6.26. The predicted octanol–water partition coefficient (Wildman–Crippen LogP) is 1.65. The SMILES string of the molecule is O=C(c1cccc(Br)c1)N1CCS(=O)CC1. The summed E-state index contributed by atoms with van der Waals surface area (Å²) in [5.74, 6) is 1.22. The highest BCUT2D eigenvalue weighted by Crippen LogP contribution is 2.14. The van der Waals surface area contributed by atoms with Gasteiger partial charge >= 0.3 is 0 Å². The lowest BCUT2D eigenvalue weighted by Crippen LogP contribution is -2.41. The van der Waals surface area contributed by atoms with Crippen molar-refractivity contribution in [2.24, 2.45) is 0 Å². The van der Waals surface area contributed by atoms with E-state index in [0.29, 0.717) is 30.2 Å². The fraction of sp³-hybridized carbons (Fsp3) is 0.364. The standard InChI is InChI=1S/C11H12BrNO2S/c12-10-3-1-2-9(8-10)11(14)13-4-6-16(15)7-5-13/h1-3,8H,4-7H2. The second kappa shape index (κ2) is 5.10. The van der Waals surface area contributed by atoms with Crippen LogP contribution >= 0.6 is 15.9 Å². The van der Waals surface area contributed by atoms with Crippen molar-refractivity contribution < 1.29 is 9.00 Å². The average molecular weight is 302 g/mol. The lowest BCUT2D eigenvalue weighted by molar-refractivity contribution is 0.0771. The van der Waals surface area contributed by atoms with Crippen LogP contribution in [-0.4, -0.2) is 39.6 Å². The number of amides is 1. The molecule has 1 heterocycles. The van der Waals surface area contributed by atoms with Crippen LogP contribution in [0, 0.1) is 0 Å². The number of rotatable bonds is 1. The molecule has 0 bridgehead atoms. The summed E-state index contributed by atoms with van der Waals surface area (Å²) >= 11 is 3.34. The molecule has 2 rings (SSSR count). The van der Waals surface area contributed by atoms with Crippen molar-refractivity contribution in [1.29, 1.82) is 0 Å². The Kier molecular flexibility index (Phi) is 3.76. The van der Waals surface area contributed by atoms with E-state index in [2.05, 4.69) is 15.9 Å². The third kappa shape index (κ3) is 2.71. The van der Waals surface area contributed by atoms with Crippen LogP contribution in [0.5, 0.6) is 0 Å². The van der Waals surface area contributed by atoms with E-state index in [4.69, 9.17) is 0 Å². The third-order valence-corrected chi connectivity index (χ3v) is 4.31. The van der Waals surface area contributed by atoms with Gasteiger partial charge in [-0.15, -0.1) is 0 Å². The Morgan fingerprint density at radius 2 is 2.00 bits per heavy atom. The maximum Gasteiger partial charge on any atom is 0.253 e. The number of benzene rings is 1. The zero-order valence-electron chi connectivity index (χ0n) is 8.69. The Labute approximate surface area is 105 Å². The van der Waals surface area contributed by atoms with Gasteiger partial charge in [0.05, 0.1) is 0 Å². The number of carbonyl (C=O) groups excluding carboxylic acids is 1. The molecule has 0 N–H and O–H groups in total. The van der Waals surface area contributed by atoms with Crippen LogP contribution in [0.15, 0.2) is 28.7 Å². The van der Waals surface area contributed by atoms with E-state index in [-0.39, 0.29) is 5.91 Å². The fourth-order valence-corrected chi connectivity index (χ4v) is 3.10. The molecule has 1 fully saturated rings. The molecule has 0 spiro atoms. The number of nitrogens with zero attached hydrogens (tertiary/aromatic N) is 1. The first-order chi connectivity index (χ1) is 7.66. The van der Waals surface area contributed by atoms with Crippen LogP contribution in [0.1, 0.15) is 10.4 Å². The van der Waals surface area contributed by atoms with Crippen LogP contribution < -0.4 is 0 Å². The van der Waals surface area contributed by atoms with E-state index in [9.17, 15) is 9.00 Å². The Bertz CT molecular complexity index is 426. The van der Waals surface area contributed by atoms with Gasteiger partial charge in [-0.2, -0.15) is 0 Å². The van der Waals surface area contributed by atoms with Gasteiger partial charge in [0.25, 0.3) is 5.91 Å². The van der Waals surface area contributed by atoms with Crippen LogP contribution in [0.4, 0.5) is 0 Å². The summed E-state index contributed by atoms with van der Waals surface area (Å²) in [4.78, 5) is 13.8. The molecule has 1 aliphatic rings. The van der Waals surface area contributed by atoms with Gasteiger partial charge in [-0.3, -0.25) is 9.00 Å². The highest BCUT2D eigenvalue weighted by atomic mass is 79.9. The number of halogens is 1. The minimum atomic E-state index is -0.741. The molecule has 5 heteroatoms. The summed E-state index contributed by atoms with van der Waals surface area (Å²) in [7, 11) is -0.741. The summed E-state index contributed by atoms with van der Waals surface area (Å²) in [6.45, 7) is 1.19. The van der Waals surface area contributed by atoms with E-state index < -0.39 is 10.8 Å². The number of carbonyl (C=O) groups is 1. The van der Waals surface area contributed by atoms with Crippen molar-refractivity contribution in [1.82, 2.24) is 4.90 Å². The topological polar surface area (TPSA) is 37.4 Å². The van der Waals surface area contributed by atoms with E-state index >= 15 is 0 Å². The van der Waals surface area contributed by atoms with Gasteiger partial charge < -0.3 is 4.90 Å². The average Bonchev–Trinajstić information content (AvgIpc) is 2.29. The lowest BCUT2D eigenvalue weighted by Gasteiger charge is -2.26. The highest BCUT2D eigenvalue weighted by molar-refractivity contribution is 9.10. The minimum absolute atomic E-state index is 0.0259. The molecule has 16 heavy (non-hydrogen) atoms. The lowest BCUT2D eigenvalue weighted by atomic mass is 10.2. The van der Waals surface area contributed by atoms with Crippen LogP contribution in [0.2, 0.25) is 0 Å². The first-order valence-electron chi connectivity index (χ1n) is 5.06. The van der Waals surface area contributed by atoms with Gasteiger partial charge in [-0.05, 0) is 18.2 Å². The minimum Gasteiger partial charge on any atom is -0.337 e. The van der Waals surface area contributed by atoms with Crippen molar-refractivity contribution in [2.45, 2.75) is 0 Å². The largest absolute Gasteiger partial charge is 0.337 e. The maximum atomic E-state index is 12.1. The molecule has 0 aromatic heterocycles. The van der Waals surface area contributed by atoms with Gasteiger partial charge in [0.1, 0.15) is 0 Å². The molecular weight excluding hydrogens is 290 g/mol. The molecule has 1 aliphatic heterocycles. The third-order valence-electron chi connectivity index (χ3n) is 2.54. The molecule has 1 amide bonds. The molecule has 0 saturated carbocycles. The molecule has 3 nitrogen and oxygen atoms in total. The van der Waals surface area contributed by atoms with Crippen molar-refractivity contribution >= 4 is 32.6 Å². The first kappa shape index (κ1) is 11.8. The Hall–Kier alpha value is -0.680. The first-order valence-corrected chi connectivity index (χ1v) is 7.35. The van der Waals surface area contributed by atoms with E-state index in [1.807, 2.05) is 18.2 Å². The van der Waals surface area contributed by atoms with Gasteiger partial charge in [0, 0.05) is 45.4 Å². The Morgan fingerprint density at radius 3 is 2.62 bits per heavy atom. The summed E-state index contributed by atoms with van der Waals surface area (Å²) < 4.78 is 12.1. The second-order valence-electron chi connectivity index (χ2n) is 3.65. The molecule has 86 valence electrons. The molecule has 0 atom stereocenters. The Balaban J connectivity index is 2.10. The van der Waals surface area contributed by atoms with Crippen LogP contribution in [0.25, 0.3) is 0 Å². The number of hydrogen-bond acceptors (Lipinski definition) is 2. The number of hydrogen-bond donors (Lipinski definition) is 0. The van der Waals surface area contributed by atoms with Gasteiger partial charge in [0.15, 0.2) is 0 Å². The van der Waals surface area contributed by atoms with Gasteiger partial charge in [0.2, 0.25) is 0 Å². The van der Waals surface area contributed by atoms with Crippen molar-refractivity contribution in [3.8, 4) is 0 Å². The fourth-order valence-electron chi connectivity index (χ4n) is 1.65. The molecular formula is C11H12BrNO2S. The summed E-state index contributed by atoms with van der Waals surface area (Å²) in [5.41, 5.74) is 0.682. The van der Waals surface area contributed by atoms with Gasteiger partial charge in [-0.25, -0.2) is 0 Å². The monoisotopic (exact) mass is 301 g/mol. The maximum absolute atomic E-state index is 12.1. The molecule has 0 radical (unpaired) electrons. The summed E-state index contributed by atoms with van der Waals surface area (Å²) in [6.07, 6.45) is 0. The zero-order chi connectivity index (χ0) is 11.5. The van der Waals surface area contributed by atoms with E-state index in [0.717, 1.165) is 4.47 Å². The van der Waals surface area contributed by atoms with Gasteiger partial charge in [-0.1, -0.05) is 22.0 Å². The normalized spacial score (nSPS) is 17.4. The van der Waals surface area contributed by atoms with Crippen LogP contribution in [-0.2, 0) is 10.8 Å². The molecule has 1 saturated heterocycles. The van der Waals surface area contributed by atoms with Crippen LogP contribution in [0.3, 0.4) is 0 Å². The highest BCUT2D eigenvalue weighted by Gasteiger charge is 2.21. The molecule has 0 aliphatic carbocycles. The van der Waals surface area contributed by atoms with E-state index in [1.165, 1.54) is 0 Å².